The first-order valence-electron chi connectivity index (χ1n) is 9.21. The molecular formula is C19H30N2O4. The number of nitro groups is 1. The second-order valence-electron chi connectivity index (χ2n) is 6.14. The Labute approximate surface area is 150 Å². The fourth-order valence-electron chi connectivity index (χ4n) is 2.73. The molecular weight excluding hydrogens is 320 g/mol. The Balaban J connectivity index is 2.62. The van der Waals surface area contributed by atoms with Gasteiger partial charge in [0.05, 0.1) is 18.0 Å². The first-order valence-corrected chi connectivity index (χ1v) is 9.21. The Bertz CT molecular complexity index is 534. The van der Waals surface area contributed by atoms with Crippen molar-refractivity contribution in [1.29, 1.82) is 0 Å². The highest BCUT2D eigenvalue weighted by Gasteiger charge is 2.18. The Morgan fingerprint density at radius 2 is 1.92 bits per heavy atom. The van der Waals surface area contributed by atoms with E-state index in [1.54, 1.807) is 13.0 Å². The quantitative estimate of drug-likeness (QED) is 0.244. The number of benzene rings is 1. The minimum Gasteiger partial charge on any atom is -0.466 e. The van der Waals surface area contributed by atoms with Crippen molar-refractivity contribution in [3.05, 3.63) is 39.9 Å². The molecule has 1 atom stereocenters. The number of ether oxygens (including phenoxy) is 1. The Hall–Kier alpha value is -1.95. The third-order valence-corrected chi connectivity index (χ3v) is 4.08. The van der Waals surface area contributed by atoms with E-state index in [1.165, 1.54) is 37.8 Å². The molecule has 1 aromatic rings. The molecule has 1 unspecified atom stereocenters. The van der Waals surface area contributed by atoms with Gasteiger partial charge in [-0.25, -0.2) is 0 Å². The van der Waals surface area contributed by atoms with Gasteiger partial charge in [-0.15, -0.1) is 0 Å². The summed E-state index contributed by atoms with van der Waals surface area (Å²) in [6, 6.07) is 6.18. The summed E-state index contributed by atoms with van der Waals surface area (Å²) in [6.07, 6.45) is 7.32. The van der Waals surface area contributed by atoms with Crippen LogP contribution in [0.15, 0.2) is 24.3 Å². The van der Waals surface area contributed by atoms with Crippen LogP contribution in [0.25, 0.3) is 0 Å². The van der Waals surface area contributed by atoms with Gasteiger partial charge in [-0.1, -0.05) is 51.2 Å². The van der Waals surface area contributed by atoms with E-state index in [2.05, 4.69) is 12.2 Å². The molecule has 140 valence electrons. The minimum atomic E-state index is -0.418. The highest BCUT2D eigenvalue weighted by Crippen LogP contribution is 2.22. The van der Waals surface area contributed by atoms with Gasteiger partial charge >= 0.3 is 5.97 Å². The van der Waals surface area contributed by atoms with Gasteiger partial charge in [0.1, 0.15) is 0 Å². The average molecular weight is 350 g/mol. The lowest BCUT2D eigenvalue weighted by Gasteiger charge is -2.18. The number of non-ortho nitro benzene ring substituents is 1. The van der Waals surface area contributed by atoms with Crippen molar-refractivity contribution in [2.24, 2.45) is 0 Å². The summed E-state index contributed by atoms with van der Waals surface area (Å²) in [5.74, 6) is -0.297. The molecule has 0 spiro atoms. The van der Waals surface area contributed by atoms with Crippen LogP contribution in [0.4, 0.5) is 5.69 Å². The molecule has 1 N–H and O–H groups in total. The summed E-state index contributed by atoms with van der Waals surface area (Å²) in [7, 11) is 0. The van der Waals surface area contributed by atoms with Crippen LogP contribution in [0.1, 0.15) is 70.4 Å². The maximum atomic E-state index is 11.9. The molecule has 0 saturated heterocycles. The summed E-state index contributed by atoms with van der Waals surface area (Å²) in [4.78, 5) is 22.4. The van der Waals surface area contributed by atoms with Gasteiger partial charge in [0.2, 0.25) is 0 Å². The second-order valence-corrected chi connectivity index (χ2v) is 6.14. The number of rotatable bonds is 13. The van der Waals surface area contributed by atoms with Gasteiger partial charge in [-0.3, -0.25) is 14.9 Å². The molecule has 6 nitrogen and oxygen atoms in total. The van der Waals surface area contributed by atoms with Gasteiger partial charge in [0.15, 0.2) is 0 Å². The maximum absolute atomic E-state index is 11.9. The summed E-state index contributed by atoms with van der Waals surface area (Å²) in [6.45, 7) is 5.07. The summed E-state index contributed by atoms with van der Waals surface area (Å²) in [5.41, 5.74) is 0.779. The predicted molar refractivity (Wildman–Crippen MR) is 98.5 cm³/mol. The number of carbonyl (C=O) groups is 1. The van der Waals surface area contributed by atoms with Crippen molar-refractivity contribution in [2.45, 2.75) is 64.8 Å². The molecule has 0 aromatic heterocycles. The zero-order chi connectivity index (χ0) is 18.5. The molecule has 0 radical (unpaired) electrons. The number of hydrogen-bond donors (Lipinski definition) is 1. The normalized spacial score (nSPS) is 11.9. The molecule has 0 saturated carbocycles. The first-order chi connectivity index (χ1) is 12.1. The molecule has 1 aromatic carbocycles. The lowest BCUT2D eigenvalue weighted by atomic mass is 10.0. The fourth-order valence-corrected chi connectivity index (χ4v) is 2.73. The van der Waals surface area contributed by atoms with Crippen LogP contribution in [-0.2, 0) is 9.53 Å². The monoisotopic (exact) mass is 350 g/mol. The lowest BCUT2D eigenvalue weighted by molar-refractivity contribution is -0.384. The van der Waals surface area contributed by atoms with Crippen LogP contribution in [0.3, 0.4) is 0 Å². The van der Waals surface area contributed by atoms with E-state index < -0.39 is 4.92 Å². The Morgan fingerprint density at radius 3 is 2.60 bits per heavy atom. The fraction of sp³-hybridized carbons (Fsp3) is 0.632. The van der Waals surface area contributed by atoms with Crippen molar-refractivity contribution < 1.29 is 14.5 Å². The standard InChI is InChI=1S/C19H30N2O4/c1-3-5-6-7-8-9-13-20-18(15-19(22)25-4-2)16-11-10-12-17(14-16)21(23)24/h10-12,14,18,20H,3-9,13,15H2,1-2H3. The molecule has 0 amide bonds. The molecule has 0 aliphatic carbocycles. The number of nitro benzene ring substituents is 1. The molecule has 0 fully saturated rings. The van der Waals surface area contributed by atoms with Crippen molar-refractivity contribution in [1.82, 2.24) is 5.32 Å². The average Bonchev–Trinajstić information content (AvgIpc) is 2.60. The van der Waals surface area contributed by atoms with E-state index in [9.17, 15) is 14.9 Å². The number of nitrogens with one attached hydrogen (secondary N) is 1. The van der Waals surface area contributed by atoms with Crippen LogP contribution < -0.4 is 5.32 Å². The van der Waals surface area contributed by atoms with E-state index in [1.807, 2.05) is 6.07 Å². The van der Waals surface area contributed by atoms with Crippen LogP contribution in [0.5, 0.6) is 0 Å². The van der Waals surface area contributed by atoms with E-state index in [0.717, 1.165) is 24.9 Å². The topological polar surface area (TPSA) is 81.5 Å². The highest BCUT2D eigenvalue weighted by molar-refractivity contribution is 5.70. The van der Waals surface area contributed by atoms with Crippen molar-refractivity contribution in [3.8, 4) is 0 Å². The maximum Gasteiger partial charge on any atom is 0.307 e. The minimum absolute atomic E-state index is 0.0349. The Kier molecular flexibility index (Phi) is 10.5. The lowest BCUT2D eigenvalue weighted by Crippen LogP contribution is -2.26. The Morgan fingerprint density at radius 1 is 1.20 bits per heavy atom. The van der Waals surface area contributed by atoms with Crippen molar-refractivity contribution >= 4 is 11.7 Å². The third-order valence-electron chi connectivity index (χ3n) is 4.08. The van der Waals surface area contributed by atoms with Crippen molar-refractivity contribution in [3.63, 3.8) is 0 Å². The van der Waals surface area contributed by atoms with E-state index in [4.69, 9.17) is 4.74 Å². The molecule has 25 heavy (non-hydrogen) atoms. The summed E-state index contributed by atoms with van der Waals surface area (Å²) in [5, 5.41) is 14.3. The van der Waals surface area contributed by atoms with Gasteiger partial charge < -0.3 is 10.1 Å². The van der Waals surface area contributed by atoms with Gasteiger partial charge in [-0.2, -0.15) is 0 Å². The number of unbranched alkanes of at least 4 members (excludes halogenated alkanes) is 5. The third kappa shape index (κ3) is 8.63. The van der Waals surface area contributed by atoms with Crippen LogP contribution >= 0.6 is 0 Å². The zero-order valence-corrected chi connectivity index (χ0v) is 15.3. The van der Waals surface area contributed by atoms with Crippen LogP contribution in [0.2, 0.25) is 0 Å². The van der Waals surface area contributed by atoms with Gasteiger partial charge in [0.25, 0.3) is 5.69 Å². The second kappa shape index (κ2) is 12.4. The molecule has 6 heteroatoms. The molecule has 0 heterocycles. The largest absolute Gasteiger partial charge is 0.466 e. The predicted octanol–water partition coefficient (Wildman–Crippen LogP) is 4.54. The first kappa shape index (κ1) is 21.1. The van der Waals surface area contributed by atoms with E-state index in [0.29, 0.717) is 6.61 Å². The number of hydrogen-bond acceptors (Lipinski definition) is 5. The van der Waals surface area contributed by atoms with E-state index in [-0.39, 0.29) is 24.1 Å². The van der Waals surface area contributed by atoms with Gasteiger partial charge in [-0.05, 0) is 25.5 Å². The van der Waals surface area contributed by atoms with Crippen LogP contribution in [0, 0.1) is 10.1 Å². The summed E-state index contributed by atoms with van der Waals surface area (Å²) >= 11 is 0. The summed E-state index contributed by atoms with van der Waals surface area (Å²) < 4.78 is 5.03. The zero-order valence-electron chi connectivity index (χ0n) is 15.3. The van der Waals surface area contributed by atoms with Crippen molar-refractivity contribution in [2.75, 3.05) is 13.2 Å². The number of carbonyl (C=O) groups excluding carboxylic acids is 1. The smallest absolute Gasteiger partial charge is 0.307 e. The number of nitrogens with zero attached hydrogens (tertiary/aromatic N) is 1. The number of esters is 1. The highest BCUT2D eigenvalue weighted by atomic mass is 16.6. The SMILES string of the molecule is CCCCCCCCNC(CC(=O)OCC)c1cccc([N+](=O)[O-])c1. The van der Waals surface area contributed by atoms with Gasteiger partial charge in [0, 0.05) is 18.2 Å². The van der Waals surface area contributed by atoms with Crippen LogP contribution in [-0.4, -0.2) is 24.0 Å². The molecule has 0 bridgehead atoms. The molecule has 0 aliphatic heterocycles. The molecule has 0 aliphatic rings. The molecule has 1 rings (SSSR count). The van der Waals surface area contributed by atoms with E-state index >= 15 is 0 Å².